The lowest BCUT2D eigenvalue weighted by atomic mass is 10.3. The van der Waals surface area contributed by atoms with Gasteiger partial charge in [0, 0.05) is 6.54 Å². The van der Waals surface area contributed by atoms with E-state index in [0.717, 1.165) is 12.4 Å². The number of allylic oxidation sites excluding steroid dienone is 2. The molecular weight excluding hydrogens is 126 g/mol. The van der Waals surface area contributed by atoms with Gasteiger partial charge in [-0.2, -0.15) is 0 Å². The molecule has 0 aromatic carbocycles. The number of nitrogens with zero attached hydrogens (tertiary/aromatic N) is 3. The third-order valence-corrected chi connectivity index (χ3v) is 1.44. The van der Waals surface area contributed by atoms with Gasteiger partial charge in [-0.3, -0.25) is 0 Å². The van der Waals surface area contributed by atoms with Gasteiger partial charge in [-0.1, -0.05) is 12.2 Å². The Hall–Kier alpha value is -1.38. The Morgan fingerprint density at radius 3 is 3.40 bits per heavy atom. The molecule has 10 heavy (non-hydrogen) atoms. The lowest BCUT2D eigenvalue weighted by Crippen LogP contribution is -2.24. The highest BCUT2D eigenvalue weighted by Crippen LogP contribution is 2.10. The molecule has 0 spiro atoms. The van der Waals surface area contributed by atoms with Gasteiger partial charge in [0.1, 0.15) is 12.2 Å². The van der Waals surface area contributed by atoms with Crippen LogP contribution in [0.1, 0.15) is 0 Å². The molecule has 0 bridgehead atoms. The van der Waals surface area contributed by atoms with Crippen LogP contribution in [0.4, 0.5) is 0 Å². The van der Waals surface area contributed by atoms with E-state index in [1.807, 2.05) is 17.1 Å². The number of fused-ring (bicyclic) bond motifs is 1. The van der Waals surface area contributed by atoms with Gasteiger partial charge >= 0.3 is 0 Å². The first-order valence-corrected chi connectivity index (χ1v) is 3.16. The van der Waals surface area contributed by atoms with Crippen LogP contribution in [0.25, 0.3) is 0 Å². The summed E-state index contributed by atoms with van der Waals surface area (Å²) in [5.74, 6) is 0.970. The van der Waals surface area contributed by atoms with Crippen LogP contribution >= 0.6 is 0 Å². The molecule has 0 saturated heterocycles. The maximum Gasteiger partial charge on any atom is 0.135 e. The minimum Gasteiger partial charge on any atom is -0.313 e. The Kier molecular flexibility index (Phi) is 1.13. The maximum atomic E-state index is 4.06. The highest BCUT2D eigenvalue weighted by molar-refractivity contribution is 5.76. The molecule has 2 rings (SSSR count). The van der Waals surface area contributed by atoms with Crippen molar-refractivity contribution < 1.29 is 0 Å². The third-order valence-electron chi connectivity index (χ3n) is 1.44. The molecule has 0 aromatic heterocycles. The Morgan fingerprint density at radius 1 is 1.50 bits per heavy atom. The average Bonchev–Trinajstić information content (AvgIpc) is 2.05. The molecule has 0 aliphatic carbocycles. The summed E-state index contributed by atoms with van der Waals surface area (Å²) < 4.78 is 0. The zero-order valence-electron chi connectivity index (χ0n) is 5.44. The standard InChI is InChI=1S/C7H7N3/c1-2-4-10-6-8-5-9-7(10)3-1/h1-3,5-6H,4H2. The SMILES string of the molecule is C1=CCN2C=NC=NC2=C1. The second-order valence-corrected chi connectivity index (χ2v) is 2.11. The highest BCUT2D eigenvalue weighted by Gasteiger charge is 2.07. The van der Waals surface area contributed by atoms with E-state index >= 15 is 0 Å². The molecule has 0 fully saturated rings. The first kappa shape index (κ1) is 5.41. The van der Waals surface area contributed by atoms with Crippen molar-refractivity contribution in [3.8, 4) is 0 Å². The molecule has 0 unspecified atom stereocenters. The van der Waals surface area contributed by atoms with Crippen LogP contribution in [0.3, 0.4) is 0 Å². The van der Waals surface area contributed by atoms with Crippen LogP contribution in [-0.4, -0.2) is 24.1 Å². The van der Waals surface area contributed by atoms with Crippen LogP contribution in [0, 0.1) is 0 Å². The summed E-state index contributed by atoms with van der Waals surface area (Å²) in [6, 6.07) is 0. The predicted molar refractivity (Wildman–Crippen MR) is 40.9 cm³/mol. The van der Waals surface area contributed by atoms with Gasteiger partial charge in [0.05, 0.1) is 6.34 Å². The van der Waals surface area contributed by atoms with Gasteiger partial charge in [0.15, 0.2) is 0 Å². The molecule has 3 nitrogen and oxygen atoms in total. The molecular formula is C7H7N3. The van der Waals surface area contributed by atoms with E-state index in [1.54, 1.807) is 12.7 Å². The van der Waals surface area contributed by atoms with E-state index in [-0.39, 0.29) is 0 Å². The van der Waals surface area contributed by atoms with Crippen molar-refractivity contribution in [1.29, 1.82) is 0 Å². The fourth-order valence-corrected chi connectivity index (χ4v) is 0.944. The summed E-state index contributed by atoms with van der Waals surface area (Å²) in [5.41, 5.74) is 0. The molecule has 0 N–H and O–H groups in total. The van der Waals surface area contributed by atoms with Crippen molar-refractivity contribution in [2.75, 3.05) is 6.54 Å². The fourth-order valence-electron chi connectivity index (χ4n) is 0.944. The van der Waals surface area contributed by atoms with E-state index < -0.39 is 0 Å². The Morgan fingerprint density at radius 2 is 2.50 bits per heavy atom. The second kappa shape index (κ2) is 2.10. The minimum absolute atomic E-state index is 0.882. The number of aliphatic imine (C=N–C) groups is 2. The van der Waals surface area contributed by atoms with Gasteiger partial charge < -0.3 is 4.90 Å². The fraction of sp³-hybridized carbons (Fsp3) is 0.143. The van der Waals surface area contributed by atoms with Gasteiger partial charge in [-0.15, -0.1) is 0 Å². The molecule has 3 heteroatoms. The van der Waals surface area contributed by atoms with Gasteiger partial charge in [0.2, 0.25) is 0 Å². The molecule has 0 amide bonds. The Labute approximate surface area is 59.1 Å². The highest BCUT2D eigenvalue weighted by atomic mass is 15.3. The first-order chi connectivity index (χ1) is 4.97. The zero-order chi connectivity index (χ0) is 6.81. The number of hydrogen-bond acceptors (Lipinski definition) is 3. The van der Waals surface area contributed by atoms with Crippen molar-refractivity contribution in [1.82, 2.24) is 4.90 Å². The van der Waals surface area contributed by atoms with Crippen LogP contribution < -0.4 is 0 Å². The molecule has 50 valence electrons. The van der Waals surface area contributed by atoms with Crippen LogP contribution in [0.15, 0.2) is 34.0 Å². The number of rotatable bonds is 0. The van der Waals surface area contributed by atoms with Gasteiger partial charge in [-0.05, 0) is 6.08 Å². The van der Waals surface area contributed by atoms with Crippen LogP contribution in [0.5, 0.6) is 0 Å². The topological polar surface area (TPSA) is 28.0 Å². The zero-order valence-corrected chi connectivity index (χ0v) is 5.44. The molecule has 0 aromatic rings. The summed E-state index contributed by atoms with van der Waals surface area (Å²) >= 11 is 0. The van der Waals surface area contributed by atoms with Crippen molar-refractivity contribution in [2.24, 2.45) is 9.98 Å². The molecule has 0 radical (unpaired) electrons. The van der Waals surface area contributed by atoms with E-state index in [0.29, 0.717) is 0 Å². The molecule has 0 saturated carbocycles. The largest absolute Gasteiger partial charge is 0.313 e. The Bertz CT molecular complexity index is 248. The summed E-state index contributed by atoms with van der Waals surface area (Å²) in [6.07, 6.45) is 9.37. The van der Waals surface area contributed by atoms with Crippen LogP contribution in [-0.2, 0) is 0 Å². The van der Waals surface area contributed by atoms with Gasteiger partial charge in [-0.25, -0.2) is 9.98 Å². The maximum absolute atomic E-state index is 4.06. The summed E-state index contributed by atoms with van der Waals surface area (Å²) in [4.78, 5) is 9.95. The van der Waals surface area contributed by atoms with E-state index in [1.165, 1.54) is 0 Å². The van der Waals surface area contributed by atoms with E-state index in [2.05, 4.69) is 16.1 Å². The summed E-state index contributed by atoms with van der Waals surface area (Å²) in [7, 11) is 0. The van der Waals surface area contributed by atoms with Crippen molar-refractivity contribution in [3.63, 3.8) is 0 Å². The molecule has 2 aliphatic heterocycles. The normalized spacial score (nSPS) is 20.8. The lowest BCUT2D eigenvalue weighted by molar-refractivity contribution is 0.568. The minimum atomic E-state index is 0.882. The monoisotopic (exact) mass is 133 g/mol. The van der Waals surface area contributed by atoms with Crippen molar-refractivity contribution in [2.45, 2.75) is 0 Å². The Balaban J connectivity index is 2.34. The second-order valence-electron chi connectivity index (χ2n) is 2.11. The third kappa shape index (κ3) is 0.757. The summed E-state index contributed by atoms with van der Waals surface area (Å²) in [5, 5.41) is 0. The smallest absolute Gasteiger partial charge is 0.135 e. The predicted octanol–water partition coefficient (Wildman–Crippen LogP) is 0.770. The van der Waals surface area contributed by atoms with Crippen molar-refractivity contribution >= 4 is 12.7 Å². The van der Waals surface area contributed by atoms with E-state index in [9.17, 15) is 0 Å². The number of hydrogen-bond donors (Lipinski definition) is 0. The average molecular weight is 133 g/mol. The lowest BCUT2D eigenvalue weighted by Gasteiger charge is -2.21. The molecule has 2 aliphatic rings. The molecule has 2 heterocycles. The first-order valence-electron chi connectivity index (χ1n) is 3.16. The van der Waals surface area contributed by atoms with Crippen molar-refractivity contribution in [3.05, 3.63) is 24.0 Å². The van der Waals surface area contributed by atoms with Gasteiger partial charge in [0.25, 0.3) is 0 Å². The summed E-state index contributed by atoms with van der Waals surface area (Å²) in [6.45, 7) is 0.882. The quantitative estimate of drug-likeness (QED) is 0.479. The van der Waals surface area contributed by atoms with Crippen LogP contribution in [0.2, 0.25) is 0 Å². The molecule has 0 atom stereocenters. The van der Waals surface area contributed by atoms with E-state index in [4.69, 9.17) is 0 Å².